The number of benzene rings is 3. The third-order valence-electron chi connectivity index (χ3n) is 5.54. The normalized spacial score (nSPS) is 11.4. The highest BCUT2D eigenvalue weighted by atomic mass is 32.2. The second kappa shape index (κ2) is 8.75. The molecule has 0 unspecified atom stereocenters. The molecule has 34 heavy (non-hydrogen) atoms. The van der Waals surface area contributed by atoms with Gasteiger partial charge in [0.2, 0.25) is 0 Å². The second-order valence-electron chi connectivity index (χ2n) is 7.95. The van der Waals surface area contributed by atoms with Crippen LogP contribution in [0.1, 0.15) is 21.6 Å². The molecule has 4 aromatic rings. The fourth-order valence-corrected chi connectivity index (χ4v) is 5.11. The smallest absolute Gasteiger partial charge is 0.364 e. The first-order chi connectivity index (χ1) is 16.1. The number of esters is 1. The van der Waals surface area contributed by atoms with Gasteiger partial charge in [-0.1, -0.05) is 30.3 Å². The predicted octanol–water partition coefficient (Wildman–Crippen LogP) is 3.59. The molecule has 0 saturated carbocycles. The quantitative estimate of drug-likeness (QED) is 0.322. The molecule has 0 spiro atoms. The largest absolute Gasteiger partial charge is 0.422 e. The van der Waals surface area contributed by atoms with E-state index in [0.717, 1.165) is 10.2 Å². The van der Waals surface area contributed by atoms with E-state index < -0.39 is 16.0 Å². The van der Waals surface area contributed by atoms with E-state index in [-0.39, 0.29) is 21.9 Å². The topological polar surface area (TPSA) is 98.6 Å². The van der Waals surface area contributed by atoms with Crippen LogP contribution in [-0.4, -0.2) is 31.2 Å². The van der Waals surface area contributed by atoms with Gasteiger partial charge in [0.15, 0.2) is 5.69 Å². The molecule has 9 heteroatoms. The minimum Gasteiger partial charge on any atom is -0.422 e. The van der Waals surface area contributed by atoms with Crippen molar-refractivity contribution < 1.29 is 17.9 Å². The Morgan fingerprint density at radius 2 is 1.62 bits per heavy atom. The van der Waals surface area contributed by atoms with Crippen LogP contribution in [0, 0.1) is 13.8 Å². The molecule has 0 aliphatic carbocycles. The van der Waals surface area contributed by atoms with Gasteiger partial charge >= 0.3 is 5.97 Å². The van der Waals surface area contributed by atoms with Gasteiger partial charge in [-0.05, 0) is 61.4 Å². The SMILES string of the molecule is Cc1ccc(C)c(S(=O)(=O)N(C)c2ccc(OC(=O)c3nn(C)c(=O)c4ccccc34)cc2)c1. The molecule has 174 valence electrons. The van der Waals surface area contributed by atoms with Gasteiger partial charge in [0, 0.05) is 19.5 Å². The zero-order chi connectivity index (χ0) is 24.6. The predicted molar refractivity (Wildman–Crippen MR) is 130 cm³/mol. The van der Waals surface area contributed by atoms with E-state index in [2.05, 4.69) is 5.10 Å². The van der Waals surface area contributed by atoms with Crippen LogP contribution < -0.4 is 14.6 Å². The lowest BCUT2D eigenvalue weighted by atomic mass is 10.1. The molecule has 0 N–H and O–H groups in total. The van der Waals surface area contributed by atoms with Gasteiger partial charge in [-0.2, -0.15) is 5.10 Å². The average Bonchev–Trinajstić information content (AvgIpc) is 2.82. The van der Waals surface area contributed by atoms with Crippen molar-refractivity contribution in [2.45, 2.75) is 18.7 Å². The number of carbonyl (C=O) groups is 1. The van der Waals surface area contributed by atoms with Crippen molar-refractivity contribution in [1.29, 1.82) is 0 Å². The molecule has 0 fully saturated rings. The van der Waals surface area contributed by atoms with Crippen LogP contribution in [0.5, 0.6) is 5.75 Å². The fraction of sp³-hybridized carbons (Fsp3) is 0.160. The molecule has 0 amide bonds. The zero-order valence-corrected chi connectivity index (χ0v) is 20.0. The van der Waals surface area contributed by atoms with E-state index in [1.807, 2.05) is 13.0 Å². The molecule has 3 aromatic carbocycles. The van der Waals surface area contributed by atoms with E-state index in [0.29, 0.717) is 22.0 Å². The van der Waals surface area contributed by atoms with E-state index >= 15 is 0 Å². The van der Waals surface area contributed by atoms with Crippen LogP contribution >= 0.6 is 0 Å². The maximum absolute atomic E-state index is 13.1. The summed E-state index contributed by atoms with van der Waals surface area (Å²) in [5, 5.41) is 4.82. The minimum atomic E-state index is -3.77. The van der Waals surface area contributed by atoms with Crippen molar-refractivity contribution in [3.63, 3.8) is 0 Å². The first-order valence-electron chi connectivity index (χ1n) is 10.4. The molecule has 1 aromatic heterocycles. The van der Waals surface area contributed by atoms with Gasteiger partial charge in [-0.25, -0.2) is 17.9 Å². The molecule has 0 bridgehead atoms. The van der Waals surface area contributed by atoms with Crippen LogP contribution in [0.25, 0.3) is 10.8 Å². The van der Waals surface area contributed by atoms with E-state index in [1.165, 1.54) is 30.5 Å². The lowest BCUT2D eigenvalue weighted by Crippen LogP contribution is -2.27. The summed E-state index contributed by atoms with van der Waals surface area (Å²) in [5.74, 6) is -0.512. The third kappa shape index (κ3) is 4.17. The summed E-state index contributed by atoms with van der Waals surface area (Å²) in [6, 6.07) is 18.1. The number of ether oxygens (including phenoxy) is 1. The summed E-state index contributed by atoms with van der Waals surface area (Å²) in [6.45, 7) is 3.59. The number of nitrogens with zero attached hydrogens (tertiary/aromatic N) is 3. The molecule has 0 aliphatic heterocycles. The number of rotatable bonds is 5. The standard InChI is InChI=1S/C25H23N3O5S/c1-16-9-10-17(2)22(15-16)34(31,32)28(4)18-11-13-19(14-12-18)33-25(30)23-20-7-5-6-8-21(20)24(29)27(3)26-23/h5-15H,1-4H3. The minimum absolute atomic E-state index is 0.0106. The Morgan fingerprint density at radius 3 is 2.29 bits per heavy atom. The molecule has 0 atom stereocenters. The number of anilines is 1. The second-order valence-corrected chi connectivity index (χ2v) is 9.89. The van der Waals surface area contributed by atoms with Crippen molar-refractivity contribution >= 4 is 32.5 Å². The first-order valence-corrected chi connectivity index (χ1v) is 11.9. The van der Waals surface area contributed by atoms with E-state index in [9.17, 15) is 18.0 Å². The summed E-state index contributed by atoms with van der Waals surface area (Å²) in [4.78, 5) is 25.3. The third-order valence-corrected chi connectivity index (χ3v) is 7.47. The monoisotopic (exact) mass is 477 g/mol. The fourth-order valence-electron chi connectivity index (χ4n) is 3.60. The van der Waals surface area contributed by atoms with Gasteiger partial charge in [-0.15, -0.1) is 0 Å². The zero-order valence-electron chi connectivity index (χ0n) is 19.1. The molecule has 4 rings (SSSR count). The summed E-state index contributed by atoms with van der Waals surface area (Å²) < 4.78 is 34.0. The first kappa shape index (κ1) is 23.2. The number of hydrogen-bond donors (Lipinski definition) is 0. The van der Waals surface area contributed by atoms with Gasteiger partial charge in [-0.3, -0.25) is 9.10 Å². The molecule has 8 nitrogen and oxygen atoms in total. The lowest BCUT2D eigenvalue weighted by molar-refractivity contribution is 0.0728. The van der Waals surface area contributed by atoms with Crippen molar-refractivity contribution in [2.75, 3.05) is 11.4 Å². The number of fused-ring (bicyclic) bond motifs is 1. The van der Waals surface area contributed by atoms with Gasteiger partial charge < -0.3 is 4.74 Å². The van der Waals surface area contributed by atoms with Crippen molar-refractivity contribution in [3.05, 3.63) is 93.9 Å². The van der Waals surface area contributed by atoms with Gasteiger partial charge in [0.25, 0.3) is 15.6 Å². The Morgan fingerprint density at radius 1 is 0.971 bits per heavy atom. The summed E-state index contributed by atoms with van der Waals surface area (Å²) >= 11 is 0. The maximum atomic E-state index is 13.1. The van der Waals surface area contributed by atoms with Crippen LogP contribution in [0.3, 0.4) is 0 Å². The molecule has 0 radical (unpaired) electrons. The molecule has 0 aliphatic rings. The molecule has 0 saturated heterocycles. The van der Waals surface area contributed by atoms with E-state index in [4.69, 9.17) is 4.74 Å². The molecular formula is C25H23N3O5S. The number of hydrogen-bond acceptors (Lipinski definition) is 6. The van der Waals surface area contributed by atoms with Crippen molar-refractivity contribution in [2.24, 2.45) is 7.05 Å². The Labute approximate surface area is 197 Å². The summed E-state index contributed by atoms with van der Waals surface area (Å²) in [6.07, 6.45) is 0. The molecular weight excluding hydrogens is 454 g/mol. The van der Waals surface area contributed by atoms with Crippen molar-refractivity contribution in [1.82, 2.24) is 9.78 Å². The molecule has 1 heterocycles. The Bertz CT molecular complexity index is 1570. The van der Waals surface area contributed by atoms with Crippen LogP contribution in [0.4, 0.5) is 5.69 Å². The van der Waals surface area contributed by atoms with Gasteiger partial charge in [0.05, 0.1) is 16.0 Å². The van der Waals surface area contributed by atoms with Crippen molar-refractivity contribution in [3.8, 4) is 5.75 Å². The summed E-state index contributed by atoms with van der Waals surface area (Å²) in [7, 11) is -0.838. The average molecular weight is 478 g/mol. The Hall–Kier alpha value is -3.98. The van der Waals surface area contributed by atoms with Crippen LogP contribution in [-0.2, 0) is 17.1 Å². The summed E-state index contributed by atoms with van der Waals surface area (Å²) in [5.41, 5.74) is 1.60. The highest BCUT2D eigenvalue weighted by Gasteiger charge is 2.24. The maximum Gasteiger partial charge on any atom is 0.364 e. The lowest BCUT2D eigenvalue weighted by Gasteiger charge is -2.21. The Kier molecular flexibility index (Phi) is 5.97. The highest BCUT2D eigenvalue weighted by molar-refractivity contribution is 7.92. The number of sulfonamides is 1. The number of carbonyl (C=O) groups excluding carboxylic acids is 1. The highest BCUT2D eigenvalue weighted by Crippen LogP contribution is 2.27. The number of aryl methyl sites for hydroxylation is 3. The Balaban J connectivity index is 1.60. The van der Waals surface area contributed by atoms with Crippen LogP contribution in [0.2, 0.25) is 0 Å². The van der Waals surface area contributed by atoms with Crippen LogP contribution in [0.15, 0.2) is 76.4 Å². The number of aromatic nitrogens is 2. The van der Waals surface area contributed by atoms with E-state index in [1.54, 1.807) is 55.5 Å². The van der Waals surface area contributed by atoms with Gasteiger partial charge in [0.1, 0.15) is 5.75 Å².